The number of nitrogens with one attached hydrogen (secondary N) is 1. The monoisotopic (exact) mass is 257 g/mol. The minimum Gasteiger partial charge on any atom is -0.391 e. The van der Waals surface area contributed by atoms with Crippen LogP contribution in [0.4, 0.5) is 0 Å². The van der Waals surface area contributed by atoms with E-state index < -0.39 is 15.9 Å². The Hall–Kier alpha value is -0.910. The first-order valence-corrected chi connectivity index (χ1v) is 7.25. The molecule has 0 saturated carbocycles. The van der Waals surface area contributed by atoms with Crippen LogP contribution in [0.25, 0.3) is 0 Å². The van der Waals surface area contributed by atoms with E-state index in [-0.39, 0.29) is 11.8 Å². The Labute approximate surface area is 103 Å². The lowest BCUT2D eigenvalue weighted by Crippen LogP contribution is -2.27. The molecule has 0 aliphatic heterocycles. The van der Waals surface area contributed by atoms with Gasteiger partial charge in [0.25, 0.3) is 0 Å². The highest BCUT2D eigenvalue weighted by molar-refractivity contribution is 7.91. The maximum Gasteiger partial charge on any atom is 0.178 e. The van der Waals surface area contributed by atoms with Gasteiger partial charge in [0.2, 0.25) is 0 Å². The molecular weight excluding hydrogens is 238 g/mol. The van der Waals surface area contributed by atoms with Crippen LogP contribution < -0.4 is 5.32 Å². The molecule has 0 fully saturated rings. The Balaban J connectivity index is 3.03. The zero-order valence-corrected chi connectivity index (χ0v) is 11.2. The summed E-state index contributed by atoms with van der Waals surface area (Å²) in [6, 6.07) is 6.45. The van der Waals surface area contributed by atoms with Crippen LogP contribution in [-0.2, 0) is 9.84 Å². The van der Waals surface area contributed by atoms with Crippen LogP contribution in [0.5, 0.6) is 0 Å². The van der Waals surface area contributed by atoms with E-state index in [1.54, 1.807) is 45.2 Å². The molecule has 1 aromatic rings. The number of aliphatic hydroxyl groups is 1. The highest BCUT2D eigenvalue weighted by Crippen LogP contribution is 2.19. The Morgan fingerprint density at radius 3 is 2.18 bits per heavy atom. The predicted octanol–water partition coefficient (Wildman–Crippen LogP) is 1.12. The normalized spacial score (nSPS) is 15.5. The van der Waals surface area contributed by atoms with E-state index in [4.69, 9.17) is 0 Å². The summed E-state index contributed by atoms with van der Waals surface area (Å²) in [6.07, 6.45) is -0.534. The van der Waals surface area contributed by atoms with E-state index in [0.717, 1.165) is 5.56 Å². The number of aliphatic hydroxyl groups excluding tert-OH is 1. The van der Waals surface area contributed by atoms with E-state index in [0.29, 0.717) is 4.90 Å². The van der Waals surface area contributed by atoms with Crippen molar-refractivity contribution in [2.24, 2.45) is 0 Å². The number of benzene rings is 1. The Morgan fingerprint density at radius 2 is 1.82 bits per heavy atom. The largest absolute Gasteiger partial charge is 0.391 e. The van der Waals surface area contributed by atoms with Crippen LogP contribution in [0, 0.1) is 0 Å². The minimum atomic E-state index is -3.15. The second-order valence-electron chi connectivity index (χ2n) is 3.98. The molecule has 0 spiro atoms. The number of hydrogen-bond donors (Lipinski definition) is 2. The van der Waals surface area contributed by atoms with Crippen molar-refractivity contribution in [3.8, 4) is 0 Å². The molecule has 96 valence electrons. The Bertz CT molecular complexity index is 451. The molecule has 0 saturated heterocycles. The van der Waals surface area contributed by atoms with Crippen molar-refractivity contribution in [3.63, 3.8) is 0 Å². The highest BCUT2D eigenvalue weighted by Gasteiger charge is 2.16. The maximum atomic E-state index is 11.6. The third-order valence-electron chi connectivity index (χ3n) is 2.77. The first kappa shape index (κ1) is 14.2. The average Bonchev–Trinajstić information content (AvgIpc) is 2.30. The van der Waals surface area contributed by atoms with Crippen molar-refractivity contribution in [1.82, 2.24) is 5.32 Å². The summed E-state index contributed by atoms with van der Waals surface area (Å²) in [6.45, 7) is 3.31. The van der Waals surface area contributed by atoms with Crippen molar-refractivity contribution in [3.05, 3.63) is 29.8 Å². The number of likely N-dealkylation sites (N-methyl/N-ethyl adjacent to an activating group) is 1. The van der Waals surface area contributed by atoms with Gasteiger partial charge in [-0.15, -0.1) is 0 Å². The zero-order chi connectivity index (χ0) is 13.1. The van der Waals surface area contributed by atoms with Gasteiger partial charge >= 0.3 is 0 Å². The molecule has 0 aliphatic rings. The molecule has 1 rings (SSSR count). The van der Waals surface area contributed by atoms with Gasteiger partial charge in [0, 0.05) is 0 Å². The summed E-state index contributed by atoms with van der Waals surface area (Å²) in [5, 5.41) is 12.6. The second-order valence-corrected chi connectivity index (χ2v) is 6.26. The highest BCUT2D eigenvalue weighted by atomic mass is 32.2. The van der Waals surface area contributed by atoms with Crippen molar-refractivity contribution in [1.29, 1.82) is 0 Å². The molecule has 2 unspecified atom stereocenters. The number of sulfone groups is 1. The first-order chi connectivity index (χ1) is 7.92. The molecular formula is C12H19NO3S. The van der Waals surface area contributed by atoms with Crippen LogP contribution in [0.1, 0.15) is 25.5 Å². The molecule has 1 aromatic carbocycles. The lowest BCUT2D eigenvalue weighted by molar-refractivity contribution is 0.150. The van der Waals surface area contributed by atoms with Crippen LogP contribution >= 0.6 is 0 Å². The summed E-state index contributed by atoms with van der Waals surface area (Å²) < 4.78 is 23.2. The molecule has 17 heavy (non-hydrogen) atoms. The summed E-state index contributed by atoms with van der Waals surface area (Å²) in [7, 11) is -1.39. The summed E-state index contributed by atoms with van der Waals surface area (Å²) in [4.78, 5) is 0.323. The minimum absolute atomic E-state index is 0.0954. The zero-order valence-electron chi connectivity index (χ0n) is 10.3. The molecule has 0 aromatic heterocycles. The molecule has 0 heterocycles. The Kier molecular flexibility index (Phi) is 4.68. The fourth-order valence-corrected chi connectivity index (χ4v) is 2.62. The topological polar surface area (TPSA) is 66.4 Å². The quantitative estimate of drug-likeness (QED) is 0.829. The summed E-state index contributed by atoms with van der Waals surface area (Å²) >= 11 is 0. The molecule has 2 N–H and O–H groups in total. The summed E-state index contributed by atoms with van der Waals surface area (Å²) in [5.41, 5.74) is 0.873. The van der Waals surface area contributed by atoms with E-state index in [1.807, 2.05) is 0 Å². The third kappa shape index (κ3) is 3.28. The molecule has 5 heteroatoms. The van der Waals surface area contributed by atoms with Gasteiger partial charge in [-0.1, -0.05) is 19.1 Å². The van der Waals surface area contributed by atoms with E-state index in [1.165, 1.54) is 0 Å². The SMILES string of the molecule is CCS(=O)(=O)c1ccc(C(NC)C(C)O)cc1. The lowest BCUT2D eigenvalue weighted by Gasteiger charge is -2.19. The van der Waals surface area contributed by atoms with Crippen molar-refractivity contribution in [2.45, 2.75) is 30.9 Å². The standard InChI is InChI=1S/C12H19NO3S/c1-4-17(15,16)11-7-5-10(6-8-11)12(13-3)9(2)14/h5-9,12-14H,4H2,1-3H3. The van der Waals surface area contributed by atoms with Gasteiger partial charge in [0.1, 0.15) is 0 Å². The summed E-state index contributed by atoms with van der Waals surface area (Å²) in [5.74, 6) is 0.0954. The average molecular weight is 257 g/mol. The van der Waals surface area contributed by atoms with Gasteiger partial charge in [-0.3, -0.25) is 0 Å². The van der Waals surface area contributed by atoms with Crippen LogP contribution in [0.2, 0.25) is 0 Å². The second kappa shape index (κ2) is 5.62. The number of rotatable bonds is 5. The molecule has 2 atom stereocenters. The predicted molar refractivity (Wildman–Crippen MR) is 67.7 cm³/mol. The molecule has 0 aliphatic carbocycles. The fourth-order valence-electron chi connectivity index (χ4n) is 1.74. The molecule has 0 bridgehead atoms. The maximum absolute atomic E-state index is 11.6. The first-order valence-electron chi connectivity index (χ1n) is 5.60. The molecule has 0 amide bonds. The van der Waals surface area contributed by atoms with Crippen LogP contribution in [-0.4, -0.2) is 32.4 Å². The van der Waals surface area contributed by atoms with Crippen molar-refractivity contribution < 1.29 is 13.5 Å². The van der Waals surface area contributed by atoms with Crippen molar-refractivity contribution >= 4 is 9.84 Å². The molecule has 0 radical (unpaired) electrons. The van der Waals surface area contributed by atoms with Gasteiger partial charge in [0.15, 0.2) is 9.84 Å². The fraction of sp³-hybridized carbons (Fsp3) is 0.500. The van der Waals surface area contributed by atoms with E-state index >= 15 is 0 Å². The van der Waals surface area contributed by atoms with Gasteiger partial charge in [0.05, 0.1) is 22.8 Å². The van der Waals surface area contributed by atoms with Crippen molar-refractivity contribution in [2.75, 3.05) is 12.8 Å². The Morgan fingerprint density at radius 1 is 1.29 bits per heavy atom. The van der Waals surface area contributed by atoms with Gasteiger partial charge in [-0.25, -0.2) is 8.42 Å². The van der Waals surface area contributed by atoms with Gasteiger partial charge in [-0.05, 0) is 31.7 Å². The smallest absolute Gasteiger partial charge is 0.178 e. The van der Waals surface area contributed by atoms with Gasteiger partial charge in [-0.2, -0.15) is 0 Å². The van der Waals surface area contributed by atoms with Crippen LogP contribution in [0.15, 0.2) is 29.2 Å². The van der Waals surface area contributed by atoms with E-state index in [2.05, 4.69) is 5.32 Å². The number of hydrogen-bond acceptors (Lipinski definition) is 4. The van der Waals surface area contributed by atoms with Gasteiger partial charge < -0.3 is 10.4 Å². The molecule has 4 nitrogen and oxygen atoms in total. The lowest BCUT2D eigenvalue weighted by atomic mass is 10.0. The third-order valence-corrected chi connectivity index (χ3v) is 4.52. The van der Waals surface area contributed by atoms with E-state index in [9.17, 15) is 13.5 Å². The van der Waals surface area contributed by atoms with Crippen LogP contribution in [0.3, 0.4) is 0 Å².